The molecule has 3 rings (SSSR count). The average molecular weight is 338 g/mol. The predicted octanol–water partition coefficient (Wildman–Crippen LogP) is 3.73. The maximum absolute atomic E-state index is 12.0. The van der Waals surface area contributed by atoms with E-state index < -0.39 is 10.9 Å². The number of carbonyl (C=O) groups excluding carboxylic acids is 1. The van der Waals surface area contributed by atoms with Gasteiger partial charge >= 0.3 is 5.97 Å². The summed E-state index contributed by atoms with van der Waals surface area (Å²) >= 11 is 0. The van der Waals surface area contributed by atoms with Crippen molar-refractivity contribution in [1.82, 2.24) is 0 Å². The van der Waals surface area contributed by atoms with Crippen molar-refractivity contribution in [2.24, 2.45) is 0 Å². The van der Waals surface area contributed by atoms with Gasteiger partial charge in [0.25, 0.3) is 5.69 Å². The molecule has 1 aliphatic rings. The Labute approximate surface area is 145 Å². The molecule has 0 aromatic heterocycles. The Kier molecular flexibility index (Phi) is 4.52. The first-order chi connectivity index (χ1) is 12.0. The lowest BCUT2D eigenvalue weighted by Crippen LogP contribution is -2.33. The smallest absolute Gasteiger partial charge is 0.335 e. The highest BCUT2D eigenvalue weighted by molar-refractivity contribution is 5.97. The molecule has 0 aliphatic carbocycles. The maximum atomic E-state index is 12.0. The number of hydrogen-bond donors (Lipinski definition) is 0. The van der Waals surface area contributed by atoms with Crippen LogP contribution in [0.25, 0.3) is 6.08 Å². The van der Waals surface area contributed by atoms with Crippen LogP contribution in [0.3, 0.4) is 0 Å². The van der Waals surface area contributed by atoms with Crippen LogP contribution in [0.4, 0.5) is 11.4 Å². The number of rotatable bonds is 4. The number of hydrogen-bond acceptors (Lipinski definition) is 5. The summed E-state index contributed by atoms with van der Waals surface area (Å²) in [6.07, 6.45) is 1.67. The van der Waals surface area contributed by atoms with Crippen molar-refractivity contribution >= 4 is 23.4 Å². The molecule has 128 valence electrons. The first kappa shape index (κ1) is 16.7. The molecule has 0 N–H and O–H groups in total. The molecule has 0 unspecified atom stereocenters. The number of carbonyl (C=O) groups is 1. The van der Waals surface area contributed by atoms with Crippen LogP contribution >= 0.6 is 0 Å². The molecule has 6 heteroatoms. The normalized spacial score (nSPS) is 14.3. The maximum Gasteiger partial charge on any atom is 0.335 e. The SMILES string of the molecule is COC(=O)C1=Cc2cc([N+](=O)[O-])ccc2N([C@H](C)c2ccccc2)C1. The van der Waals surface area contributed by atoms with Gasteiger partial charge in [0.2, 0.25) is 0 Å². The van der Waals surface area contributed by atoms with Gasteiger partial charge in [-0.3, -0.25) is 10.1 Å². The largest absolute Gasteiger partial charge is 0.466 e. The highest BCUT2D eigenvalue weighted by Crippen LogP contribution is 2.37. The van der Waals surface area contributed by atoms with Gasteiger partial charge in [0.15, 0.2) is 0 Å². The van der Waals surface area contributed by atoms with Crippen LogP contribution in [-0.2, 0) is 9.53 Å². The lowest BCUT2D eigenvalue weighted by Gasteiger charge is -2.35. The van der Waals surface area contributed by atoms with Crippen molar-refractivity contribution in [1.29, 1.82) is 0 Å². The number of non-ortho nitro benzene ring substituents is 1. The summed E-state index contributed by atoms with van der Waals surface area (Å²) in [5.41, 5.74) is 3.06. The Morgan fingerprint density at radius 2 is 1.96 bits per heavy atom. The molecule has 0 amide bonds. The highest BCUT2D eigenvalue weighted by Gasteiger charge is 2.27. The molecule has 0 bridgehead atoms. The zero-order valence-electron chi connectivity index (χ0n) is 14.0. The standard InChI is InChI=1S/C19H18N2O4/c1-13(14-6-4-3-5-7-14)20-12-16(19(22)25-2)10-15-11-17(21(23)24)8-9-18(15)20/h3-11,13H,12H2,1-2H3/t13-/m1/s1. The van der Waals surface area contributed by atoms with Gasteiger partial charge in [0, 0.05) is 23.4 Å². The first-order valence-corrected chi connectivity index (χ1v) is 7.90. The number of esters is 1. The summed E-state index contributed by atoms with van der Waals surface area (Å²) in [6, 6.07) is 14.6. The minimum absolute atomic E-state index is 0.00485. The van der Waals surface area contributed by atoms with E-state index in [1.54, 1.807) is 12.1 Å². The number of nitrogens with zero attached hydrogens (tertiary/aromatic N) is 2. The fourth-order valence-corrected chi connectivity index (χ4v) is 3.05. The average Bonchev–Trinajstić information content (AvgIpc) is 2.65. The van der Waals surface area contributed by atoms with Crippen LogP contribution in [0.2, 0.25) is 0 Å². The van der Waals surface area contributed by atoms with E-state index in [2.05, 4.69) is 4.90 Å². The zero-order chi connectivity index (χ0) is 18.0. The first-order valence-electron chi connectivity index (χ1n) is 7.90. The van der Waals surface area contributed by atoms with Gasteiger partial charge in [-0.05, 0) is 24.6 Å². The van der Waals surface area contributed by atoms with Crippen molar-refractivity contribution < 1.29 is 14.5 Å². The quantitative estimate of drug-likeness (QED) is 0.482. The van der Waals surface area contributed by atoms with Crippen molar-refractivity contribution in [3.63, 3.8) is 0 Å². The van der Waals surface area contributed by atoms with Crippen molar-refractivity contribution in [2.45, 2.75) is 13.0 Å². The van der Waals surface area contributed by atoms with Gasteiger partial charge < -0.3 is 9.64 Å². The Hall–Kier alpha value is -3.15. The van der Waals surface area contributed by atoms with Gasteiger partial charge in [-0.25, -0.2) is 4.79 Å². The summed E-state index contributed by atoms with van der Waals surface area (Å²) < 4.78 is 4.85. The van der Waals surface area contributed by atoms with E-state index in [1.807, 2.05) is 37.3 Å². The number of nitro groups is 1. The van der Waals surface area contributed by atoms with Crippen molar-refractivity contribution in [3.05, 3.63) is 75.3 Å². The summed E-state index contributed by atoms with van der Waals surface area (Å²) in [4.78, 5) is 24.7. The minimum Gasteiger partial charge on any atom is -0.466 e. The predicted molar refractivity (Wildman–Crippen MR) is 95.3 cm³/mol. The Bertz CT molecular complexity index is 846. The number of anilines is 1. The van der Waals surface area contributed by atoms with Gasteiger partial charge in [0.05, 0.1) is 30.2 Å². The molecule has 1 atom stereocenters. The molecular weight excluding hydrogens is 320 g/mol. The molecule has 1 heterocycles. The van der Waals surface area contributed by atoms with E-state index in [4.69, 9.17) is 4.74 Å². The fraction of sp³-hybridized carbons (Fsp3) is 0.211. The van der Waals surface area contributed by atoms with Crippen LogP contribution < -0.4 is 4.90 Å². The third-order valence-electron chi connectivity index (χ3n) is 4.40. The van der Waals surface area contributed by atoms with Crippen LogP contribution in [0.1, 0.15) is 24.1 Å². The van der Waals surface area contributed by atoms with Gasteiger partial charge in [-0.1, -0.05) is 30.3 Å². The van der Waals surface area contributed by atoms with Crippen LogP contribution in [-0.4, -0.2) is 24.5 Å². The van der Waals surface area contributed by atoms with Crippen molar-refractivity contribution in [2.75, 3.05) is 18.6 Å². The number of benzene rings is 2. The molecule has 2 aromatic carbocycles. The summed E-state index contributed by atoms with van der Waals surface area (Å²) in [6.45, 7) is 2.42. The number of methoxy groups -OCH3 is 1. The Balaban J connectivity index is 2.07. The van der Waals surface area contributed by atoms with E-state index in [9.17, 15) is 14.9 Å². The number of fused-ring (bicyclic) bond motifs is 1. The second-order valence-electron chi connectivity index (χ2n) is 5.88. The highest BCUT2D eigenvalue weighted by atomic mass is 16.6. The number of ether oxygens (including phenoxy) is 1. The molecule has 1 aliphatic heterocycles. The molecule has 0 saturated carbocycles. The van der Waals surface area contributed by atoms with E-state index in [-0.39, 0.29) is 11.7 Å². The monoisotopic (exact) mass is 338 g/mol. The molecular formula is C19H18N2O4. The minimum atomic E-state index is -0.439. The van der Waals surface area contributed by atoms with E-state index in [0.29, 0.717) is 17.7 Å². The summed E-state index contributed by atoms with van der Waals surface area (Å²) in [7, 11) is 1.33. The van der Waals surface area contributed by atoms with Crippen molar-refractivity contribution in [3.8, 4) is 0 Å². The lowest BCUT2D eigenvalue weighted by molar-refractivity contribution is -0.384. The summed E-state index contributed by atoms with van der Waals surface area (Å²) in [5.74, 6) is -0.428. The molecule has 0 spiro atoms. The molecule has 6 nitrogen and oxygen atoms in total. The van der Waals surface area contributed by atoms with Gasteiger partial charge in [0.1, 0.15) is 0 Å². The Morgan fingerprint density at radius 1 is 1.24 bits per heavy atom. The molecule has 0 saturated heterocycles. The molecule has 0 radical (unpaired) electrons. The zero-order valence-corrected chi connectivity index (χ0v) is 14.0. The third-order valence-corrected chi connectivity index (χ3v) is 4.40. The second kappa shape index (κ2) is 6.76. The lowest BCUT2D eigenvalue weighted by atomic mass is 9.97. The molecule has 2 aromatic rings. The van der Waals surface area contributed by atoms with E-state index >= 15 is 0 Å². The van der Waals surface area contributed by atoms with Crippen LogP contribution in [0.5, 0.6) is 0 Å². The van der Waals surface area contributed by atoms with Gasteiger partial charge in [-0.15, -0.1) is 0 Å². The molecule has 25 heavy (non-hydrogen) atoms. The second-order valence-corrected chi connectivity index (χ2v) is 5.88. The topological polar surface area (TPSA) is 72.7 Å². The third kappa shape index (κ3) is 3.24. The van der Waals surface area contributed by atoms with Crippen LogP contribution in [0, 0.1) is 10.1 Å². The number of nitro benzene ring substituents is 1. The van der Waals surface area contributed by atoms with E-state index in [1.165, 1.54) is 19.2 Å². The summed E-state index contributed by atoms with van der Waals surface area (Å²) in [5, 5.41) is 11.1. The fourth-order valence-electron chi connectivity index (χ4n) is 3.05. The van der Waals surface area contributed by atoms with Crippen LogP contribution in [0.15, 0.2) is 54.1 Å². The Morgan fingerprint density at radius 3 is 2.60 bits per heavy atom. The van der Waals surface area contributed by atoms with Gasteiger partial charge in [-0.2, -0.15) is 0 Å². The molecule has 0 fully saturated rings. The van der Waals surface area contributed by atoms with E-state index in [0.717, 1.165) is 11.3 Å².